The zero-order valence-electron chi connectivity index (χ0n) is 10.5. The van der Waals surface area contributed by atoms with E-state index in [1.54, 1.807) is 6.07 Å². The predicted octanol–water partition coefficient (Wildman–Crippen LogP) is 4.83. The van der Waals surface area contributed by atoms with E-state index >= 15 is 0 Å². The van der Waals surface area contributed by atoms with Crippen molar-refractivity contribution in [1.29, 1.82) is 0 Å². The van der Waals surface area contributed by atoms with E-state index in [0.717, 1.165) is 6.42 Å². The normalized spacial score (nSPS) is 13.4. The van der Waals surface area contributed by atoms with Crippen molar-refractivity contribution in [1.82, 2.24) is 5.32 Å². The lowest BCUT2D eigenvalue weighted by Gasteiger charge is -2.21. The smallest absolute Gasteiger partial charge is 0.253 e. The molecule has 1 N–H and O–H groups in total. The molecule has 0 spiro atoms. The standard InChI is InChI=1S/C12H16Cl3NOS/c1-12(2,3)5-7(13)6-16-11(17)8-4-9(14)18-10(8)15/h4,7H,5-6H2,1-3H3,(H,16,17). The maximum absolute atomic E-state index is 11.8. The molecule has 0 bridgehead atoms. The summed E-state index contributed by atoms with van der Waals surface area (Å²) < 4.78 is 0.904. The fraction of sp³-hybridized carbons (Fsp3) is 0.583. The monoisotopic (exact) mass is 327 g/mol. The molecule has 0 aliphatic heterocycles. The molecule has 1 atom stereocenters. The van der Waals surface area contributed by atoms with Gasteiger partial charge in [-0.2, -0.15) is 0 Å². The summed E-state index contributed by atoms with van der Waals surface area (Å²) in [4.78, 5) is 11.8. The van der Waals surface area contributed by atoms with E-state index in [2.05, 4.69) is 26.1 Å². The minimum Gasteiger partial charge on any atom is -0.350 e. The molecule has 1 aromatic rings. The first-order valence-corrected chi connectivity index (χ1v) is 7.57. The van der Waals surface area contributed by atoms with Gasteiger partial charge in [0.05, 0.1) is 15.3 Å². The molecule has 0 aliphatic rings. The molecule has 1 unspecified atom stereocenters. The van der Waals surface area contributed by atoms with Gasteiger partial charge in [0, 0.05) is 6.54 Å². The minimum absolute atomic E-state index is 0.0955. The summed E-state index contributed by atoms with van der Waals surface area (Å²) in [5.41, 5.74) is 0.548. The molecule has 2 nitrogen and oxygen atoms in total. The number of thiophene rings is 1. The van der Waals surface area contributed by atoms with Gasteiger partial charge in [0.2, 0.25) is 0 Å². The summed E-state index contributed by atoms with van der Waals surface area (Å²) in [5, 5.41) is 2.67. The van der Waals surface area contributed by atoms with Crippen molar-refractivity contribution in [2.45, 2.75) is 32.6 Å². The molecular formula is C12H16Cl3NOS. The van der Waals surface area contributed by atoms with Gasteiger partial charge in [-0.1, -0.05) is 44.0 Å². The lowest BCUT2D eigenvalue weighted by molar-refractivity contribution is 0.0952. The van der Waals surface area contributed by atoms with Gasteiger partial charge in [-0.05, 0) is 17.9 Å². The third kappa shape index (κ3) is 5.35. The fourth-order valence-electron chi connectivity index (χ4n) is 1.53. The Balaban J connectivity index is 2.49. The number of amides is 1. The average Bonchev–Trinajstić information content (AvgIpc) is 2.52. The Morgan fingerprint density at radius 1 is 1.44 bits per heavy atom. The van der Waals surface area contributed by atoms with E-state index in [0.29, 0.717) is 20.8 Å². The van der Waals surface area contributed by atoms with Crippen molar-refractivity contribution in [2.24, 2.45) is 5.41 Å². The van der Waals surface area contributed by atoms with E-state index in [1.165, 1.54) is 11.3 Å². The van der Waals surface area contributed by atoms with Crippen molar-refractivity contribution in [3.05, 3.63) is 20.3 Å². The second kappa shape index (κ2) is 6.47. The second-order valence-electron chi connectivity index (χ2n) is 5.31. The van der Waals surface area contributed by atoms with Gasteiger partial charge in [0.15, 0.2) is 0 Å². The Hall–Kier alpha value is 0.0400. The van der Waals surface area contributed by atoms with E-state index < -0.39 is 0 Å². The van der Waals surface area contributed by atoms with Crippen LogP contribution in [-0.4, -0.2) is 17.8 Å². The number of alkyl halides is 1. The predicted molar refractivity (Wildman–Crippen MR) is 80.4 cm³/mol. The molecule has 102 valence electrons. The molecule has 18 heavy (non-hydrogen) atoms. The number of rotatable bonds is 4. The Morgan fingerprint density at radius 3 is 2.50 bits per heavy atom. The van der Waals surface area contributed by atoms with E-state index in [1.807, 2.05) is 0 Å². The van der Waals surface area contributed by atoms with Gasteiger partial charge >= 0.3 is 0 Å². The van der Waals surface area contributed by atoms with Gasteiger partial charge in [-0.15, -0.1) is 22.9 Å². The van der Waals surface area contributed by atoms with Crippen LogP contribution in [0.25, 0.3) is 0 Å². The Kier molecular flexibility index (Phi) is 5.78. The molecule has 1 aromatic heterocycles. The SMILES string of the molecule is CC(C)(C)CC(Cl)CNC(=O)c1cc(Cl)sc1Cl. The zero-order chi connectivity index (χ0) is 13.9. The topological polar surface area (TPSA) is 29.1 Å². The molecule has 0 aromatic carbocycles. The lowest BCUT2D eigenvalue weighted by atomic mass is 9.90. The fourth-order valence-corrected chi connectivity index (χ4v) is 3.53. The molecular weight excluding hydrogens is 313 g/mol. The van der Waals surface area contributed by atoms with Gasteiger partial charge in [-0.25, -0.2) is 0 Å². The van der Waals surface area contributed by atoms with Crippen LogP contribution in [0.1, 0.15) is 37.6 Å². The van der Waals surface area contributed by atoms with Crippen molar-refractivity contribution in [3.8, 4) is 0 Å². The van der Waals surface area contributed by atoms with Gasteiger partial charge in [-0.3, -0.25) is 4.79 Å². The molecule has 0 saturated heterocycles. The minimum atomic E-state index is -0.234. The molecule has 1 amide bonds. The molecule has 0 saturated carbocycles. The number of halogens is 3. The van der Waals surface area contributed by atoms with E-state index in [4.69, 9.17) is 34.8 Å². The van der Waals surface area contributed by atoms with Crippen molar-refractivity contribution in [3.63, 3.8) is 0 Å². The van der Waals surface area contributed by atoms with Crippen LogP contribution >= 0.6 is 46.1 Å². The summed E-state index contributed by atoms with van der Waals surface area (Å²) in [6.45, 7) is 6.75. The second-order valence-corrected chi connectivity index (χ2v) is 8.21. The summed E-state index contributed by atoms with van der Waals surface area (Å²) in [6, 6.07) is 1.57. The molecule has 0 fully saturated rings. The third-order valence-corrected chi connectivity index (χ3v) is 4.02. The van der Waals surface area contributed by atoms with Crippen LogP contribution in [0.2, 0.25) is 8.67 Å². The number of nitrogens with one attached hydrogen (secondary N) is 1. The maximum Gasteiger partial charge on any atom is 0.253 e. The lowest BCUT2D eigenvalue weighted by Crippen LogP contribution is -2.31. The van der Waals surface area contributed by atoms with Crippen LogP contribution in [0.4, 0.5) is 0 Å². The molecule has 6 heteroatoms. The first-order valence-electron chi connectivity index (χ1n) is 5.56. The molecule has 0 radical (unpaired) electrons. The van der Waals surface area contributed by atoms with Crippen LogP contribution < -0.4 is 5.32 Å². The summed E-state index contributed by atoms with van der Waals surface area (Å²) >= 11 is 19.0. The van der Waals surface area contributed by atoms with Crippen LogP contribution in [0.15, 0.2) is 6.07 Å². The highest BCUT2D eigenvalue weighted by Crippen LogP contribution is 2.31. The van der Waals surface area contributed by atoms with Crippen LogP contribution in [0, 0.1) is 5.41 Å². The van der Waals surface area contributed by atoms with Crippen molar-refractivity contribution >= 4 is 52.0 Å². The molecule has 1 rings (SSSR count). The maximum atomic E-state index is 11.8. The Bertz CT molecular complexity index is 425. The Morgan fingerprint density at radius 2 is 2.06 bits per heavy atom. The summed E-state index contributed by atoms with van der Waals surface area (Å²) in [5.74, 6) is -0.234. The summed E-state index contributed by atoms with van der Waals surface area (Å²) in [7, 11) is 0. The van der Waals surface area contributed by atoms with Crippen LogP contribution in [-0.2, 0) is 0 Å². The highest BCUT2D eigenvalue weighted by atomic mass is 35.5. The first kappa shape index (κ1) is 16.1. The number of carbonyl (C=O) groups excluding carboxylic acids is 1. The van der Waals surface area contributed by atoms with Gasteiger partial charge in [0.25, 0.3) is 5.91 Å². The van der Waals surface area contributed by atoms with Crippen LogP contribution in [0.5, 0.6) is 0 Å². The van der Waals surface area contributed by atoms with Gasteiger partial charge in [0.1, 0.15) is 4.34 Å². The number of hydrogen-bond acceptors (Lipinski definition) is 2. The molecule has 0 aliphatic carbocycles. The Labute approximate surface area is 127 Å². The summed E-state index contributed by atoms with van der Waals surface area (Å²) in [6.07, 6.45) is 0.826. The van der Waals surface area contributed by atoms with E-state index in [9.17, 15) is 4.79 Å². The molecule has 1 heterocycles. The van der Waals surface area contributed by atoms with Crippen LogP contribution in [0.3, 0.4) is 0 Å². The number of hydrogen-bond donors (Lipinski definition) is 1. The van der Waals surface area contributed by atoms with Crippen molar-refractivity contribution in [2.75, 3.05) is 6.54 Å². The van der Waals surface area contributed by atoms with Gasteiger partial charge < -0.3 is 5.32 Å². The first-order chi connectivity index (χ1) is 8.19. The number of carbonyl (C=O) groups is 1. The zero-order valence-corrected chi connectivity index (χ0v) is 13.6. The van der Waals surface area contributed by atoms with E-state index in [-0.39, 0.29) is 16.7 Å². The highest BCUT2D eigenvalue weighted by Gasteiger charge is 2.19. The highest BCUT2D eigenvalue weighted by molar-refractivity contribution is 7.20. The van der Waals surface area contributed by atoms with Crippen molar-refractivity contribution < 1.29 is 4.79 Å². The third-order valence-electron chi connectivity index (χ3n) is 2.22. The largest absolute Gasteiger partial charge is 0.350 e. The quantitative estimate of drug-likeness (QED) is 0.788. The average molecular weight is 329 g/mol.